The highest BCUT2D eigenvalue weighted by Gasteiger charge is 2.21. The standard InChI is InChI=1S/C18H22N4O3S/c1-13-4-7-22(8-5-13)18-19-11-15(12-20-18)21-26(23,24)16-2-3-17-14(10-16)6-9-25-17/h2-3,10-13,21H,4-9H2,1H3. The molecule has 0 radical (unpaired) electrons. The van der Waals surface area contributed by atoms with Crippen molar-refractivity contribution in [2.75, 3.05) is 29.3 Å². The van der Waals surface area contributed by atoms with Crippen LogP contribution in [-0.2, 0) is 16.4 Å². The molecule has 0 unspecified atom stereocenters. The second kappa shape index (κ2) is 6.75. The van der Waals surface area contributed by atoms with Crippen LogP contribution in [-0.4, -0.2) is 38.1 Å². The van der Waals surface area contributed by atoms with Crippen molar-refractivity contribution >= 4 is 21.7 Å². The number of hydrogen-bond acceptors (Lipinski definition) is 6. The summed E-state index contributed by atoms with van der Waals surface area (Å²) in [7, 11) is -3.68. The van der Waals surface area contributed by atoms with E-state index < -0.39 is 10.0 Å². The molecule has 4 rings (SSSR count). The Balaban J connectivity index is 1.48. The summed E-state index contributed by atoms with van der Waals surface area (Å²) in [5.74, 6) is 2.14. The summed E-state index contributed by atoms with van der Waals surface area (Å²) in [6.45, 7) is 4.71. The number of ether oxygens (including phenoxy) is 1. The third kappa shape index (κ3) is 3.46. The first-order chi connectivity index (χ1) is 12.5. The van der Waals surface area contributed by atoms with Crippen molar-refractivity contribution in [3.05, 3.63) is 36.2 Å². The number of piperidine rings is 1. The Morgan fingerprint density at radius 3 is 2.65 bits per heavy atom. The molecule has 1 saturated heterocycles. The van der Waals surface area contributed by atoms with Gasteiger partial charge in [0.25, 0.3) is 10.0 Å². The summed E-state index contributed by atoms with van der Waals surface area (Å²) in [5.41, 5.74) is 1.27. The van der Waals surface area contributed by atoms with E-state index in [0.29, 0.717) is 18.2 Å². The summed E-state index contributed by atoms with van der Waals surface area (Å²) in [5, 5.41) is 0. The van der Waals surface area contributed by atoms with Gasteiger partial charge in [0, 0.05) is 19.5 Å². The Labute approximate surface area is 153 Å². The van der Waals surface area contributed by atoms with Gasteiger partial charge in [0.05, 0.1) is 29.6 Å². The average Bonchev–Trinajstić information content (AvgIpc) is 3.11. The first-order valence-electron chi connectivity index (χ1n) is 8.87. The van der Waals surface area contributed by atoms with E-state index in [2.05, 4.69) is 26.5 Å². The predicted molar refractivity (Wildman–Crippen MR) is 99.1 cm³/mol. The first-order valence-corrected chi connectivity index (χ1v) is 10.4. The van der Waals surface area contributed by atoms with Crippen LogP contribution in [0, 0.1) is 5.92 Å². The number of anilines is 2. The Morgan fingerprint density at radius 2 is 1.92 bits per heavy atom. The molecule has 26 heavy (non-hydrogen) atoms. The maximum atomic E-state index is 12.6. The van der Waals surface area contributed by atoms with Crippen molar-refractivity contribution in [1.29, 1.82) is 0 Å². The molecule has 0 bridgehead atoms. The molecule has 0 spiro atoms. The van der Waals surface area contributed by atoms with E-state index in [1.54, 1.807) is 18.2 Å². The SMILES string of the molecule is CC1CCN(c2ncc(NS(=O)(=O)c3ccc4c(c3)CCO4)cn2)CC1. The van der Waals surface area contributed by atoms with Crippen LogP contribution in [0.2, 0.25) is 0 Å². The molecule has 0 saturated carbocycles. The van der Waals surface area contributed by atoms with Gasteiger partial charge in [-0.3, -0.25) is 4.72 Å². The molecule has 0 amide bonds. The third-order valence-electron chi connectivity index (χ3n) is 4.93. The first kappa shape index (κ1) is 17.1. The summed E-state index contributed by atoms with van der Waals surface area (Å²) in [6.07, 6.45) is 6.02. The van der Waals surface area contributed by atoms with Crippen LogP contribution >= 0.6 is 0 Å². The summed E-state index contributed by atoms with van der Waals surface area (Å²) in [4.78, 5) is 11.0. The monoisotopic (exact) mass is 374 g/mol. The van der Waals surface area contributed by atoms with Gasteiger partial charge in [-0.1, -0.05) is 6.92 Å². The number of sulfonamides is 1. The van der Waals surface area contributed by atoms with E-state index in [1.165, 1.54) is 12.4 Å². The maximum absolute atomic E-state index is 12.6. The summed E-state index contributed by atoms with van der Waals surface area (Å²) >= 11 is 0. The van der Waals surface area contributed by atoms with Gasteiger partial charge in [0.15, 0.2) is 0 Å². The fraction of sp³-hybridized carbons (Fsp3) is 0.444. The van der Waals surface area contributed by atoms with Gasteiger partial charge in [-0.2, -0.15) is 0 Å². The van der Waals surface area contributed by atoms with Crippen molar-refractivity contribution in [3.63, 3.8) is 0 Å². The predicted octanol–water partition coefficient (Wildman–Crippen LogP) is 2.45. The van der Waals surface area contributed by atoms with Crippen LogP contribution in [0.25, 0.3) is 0 Å². The van der Waals surface area contributed by atoms with E-state index in [-0.39, 0.29) is 4.90 Å². The lowest BCUT2D eigenvalue weighted by atomic mass is 10.00. The second-order valence-electron chi connectivity index (χ2n) is 6.91. The fourth-order valence-electron chi connectivity index (χ4n) is 3.29. The number of nitrogens with one attached hydrogen (secondary N) is 1. The zero-order chi connectivity index (χ0) is 18.1. The normalized spacial score (nSPS) is 17.7. The lowest BCUT2D eigenvalue weighted by Gasteiger charge is -2.30. The molecule has 8 heteroatoms. The molecule has 3 heterocycles. The smallest absolute Gasteiger partial charge is 0.262 e. The number of nitrogens with zero attached hydrogens (tertiary/aromatic N) is 3. The molecule has 138 valence electrons. The van der Waals surface area contributed by atoms with Crippen LogP contribution in [0.3, 0.4) is 0 Å². The number of benzene rings is 1. The zero-order valence-corrected chi connectivity index (χ0v) is 15.5. The van der Waals surface area contributed by atoms with E-state index in [9.17, 15) is 8.42 Å². The zero-order valence-electron chi connectivity index (χ0n) is 14.7. The van der Waals surface area contributed by atoms with Crippen LogP contribution in [0.5, 0.6) is 5.75 Å². The molecule has 2 aliphatic heterocycles. The largest absolute Gasteiger partial charge is 0.493 e. The van der Waals surface area contributed by atoms with Crippen molar-refractivity contribution in [2.45, 2.75) is 31.1 Å². The Bertz CT molecular complexity index is 891. The molecule has 1 aromatic carbocycles. The number of aromatic nitrogens is 2. The van der Waals surface area contributed by atoms with E-state index in [1.807, 2.05) is 0 Å². The van der Waals surface area contributed by atoms with Gasteiger partial charge in [0.2, 0.25) is 5.95 Å². The van der Waals surface area contributed by atoms with Gasteiger partial charge < -0.3 is 9.64 Å². The van der Waals surface area contributed by atoms with Crippen molar-refractivity contribution < 1.29 is 13.2 Å². The summed E-state index contributed by atoms with van der Waals surface area (Å²) < 4.78 is 33.2. The van der Waals surface area contributed by atoms with Crippen LogP contribution < -0.4 is 14.4 Å². The summed E-state index contributed by atoms with van der Waals surface area (Å²) in [6, 6.07) is 4.92. The van der Waals surface area contributed by atoms with Gasteiger partial charge in [-0.05, 0) is 42.5 Å². The average molecular weight is 374 g/mol. The minimum atomic E-state index is -3.68. The molecule has 1 aromatic heterocycles. The highest BCUT2D eigenvalue weighted by atomic mass is 32.2. The maximum Gasteiger partial charge on any atom is 0.262 e. The molecule has 1 fully saturated rings. The molecular weight excluding hydrogens is 352 g/mol. The van der Waals surface area contributed by atoms with Gasteiger partial charge in [-0.25, -0.2) is 18.4 Å². The number of hydrogen-bond donors (Lipinski definition) is 1. The van der Waals surface area contributed by atoms with E-state index >= 15 is 0 Å². The van der Waals surface area contributed by atoms with Crippen LogP contribution in [0.15, 0.2) is 35.5 Å². The molecule has 1 N–H and O–H groups in total. The lowest BCUT2D eigenvalue weighted by Crippen LogP contribution is -2.34. The van der Waals surface area contributed by atoms with Gasteiger partial charge in [0.1, 0.15) is 5.75 Å². The molecule has 2 aliphatic rings. The highest BCUT2D eigenvalue weighted by Crippen LogP contribution is 2.28. The minimum Gasteiger partial charge on any atom is -0.493 e. The Kier molecular flexibility index (Phi) is 4.44. The topological polar surface area (TPSA) is 84.4 Å². The Morgan fingerprint density at radius 1 is 1.19 bits per heavy atom. The minimum absolute atomic E-state index is 0.218. The third-order valence-corrected chi connectivity index (χ3v) is 6.31. The van der Waals surface area contributed by atoms with Crippen LogP contribution in [0.1, 0.15) is 25.3 Å². The van der Waals surface area contributed by atoms with Gasteiger partial charge in [-0.15, -0.1) is 0 Å². The molecule has 7 nitrogen and oxygen atoms in total. The Hall–Kier alpha value is -2.35. The van der Waals surface area contributed by atoms with Crippen LogP contribution in [0.4, 0.5) is 11.6 Å². The van der Waals surface area contributed by atoms with Crippen molar-refractivity contribution in [1.82, 2.24) is 9.97 Å². The molecule has 0 aliphatic carbocycles. The quantitative estimate of drug-likeness (QED) is 0.885. The van der Waals surface area contributed by atoms with E-state index in [4.69, 9.17) is 4.74 Å². The number of rotatable bonds is 4. The van der Waals surface area contributed by atoms with Gasteiger partial charge >= 0.3 is 0 Å². The second-order valence-corrected chi connectivity index (χ2v) is 8.60. The number of fused-ring (bicyclic) bond motifs is 1. The lowest BCUT2D eigenvalue weighted by molar-refractivity contribution is 0.356. The molecular formula is C18H22N4O3S. The molecule has 2 aromatic rings. The fourth-order valence-corrected chi connectivity index (χ4v) is 4.37. The molecule has 0 atom stereocenters. The van der Waals surface area contributed by atoms with E-state index in [0.717, 1.165) is 49.6 Å². The highest BCUT2D eigenvalue weighted by molar-refractivity contribution is 7.92. The van der Waals surface area contributed by atoms with Crippen molar-refractivity contribution in [3.8, 4) is 5.75 Å². The van der Waals surface area contributed by atoms with Crippen molar-refractivity contribution in [2.24, 2.45) is 5.92 Å².